The predicted octanol–water partition coefficient (Wildman–Crippen LogP) is -0.391. The molecular formula is C9H17N2O2. The van der Waals surface area contributed by atoms with E-state index in [2.05, 4.69) is 11.8 Å². The molecule has 0 aliphatic carbocycles. The van der Waals surface area contributed by atoms with Crippen LogP contribution in [0.15, 0.2) is 0 Å². The number of hydrogen-bond donors (Lipinski definition) is 0. The molecule has 1 rings (SSSR count). The third-order valence-corrected chi connectivity index (χ3v) is 2.06. The van der Waals surface area contributed by atoms with Gasteiger partial charge in [0.25, 0.3) is 0 Å². The van der Waals surface area contributed by atoms with E-state index in [1.54, 1.807) is 4.90 Å². The number of nitrogens with zero attached hydrogens (tertiary/aromatic N) is 2. The molecule has 1 amide bonds. The minimum atomic E-state index is -0.105. The van der Waals surface area contributed by atoms with Crippen LogP contribution in [0.1, 0.15) is 0 Å². The fraction of sp³-hybridized carbons (Fsp3) is 0.778. The molecule has 0 bridgehead atoms. The summed E-state index contributed by atoms with van der Waals surface area (Å²) >= 11 is 0. The van der Waals surface area contributed by atoms with E-state index in [1.165, 1.54) is 0 Å². The summed E-state index contributed by atoms with van der Waals surface area (Å²) in [5.41, 5.74) is 0. The first-order chi connectivity index (χ1) is 6.09. The van der Waals surface area contributed by atoms with Crippen molar-refractivity contribution in [1.29, 1.82) is 0 Å². The molecule has 1 radical (unpaired) electrons. The van der Waals surface area contributed by atoms with E-state index in [-0.39, 0.29) is 12.0 Å². The van der Waals surface area contributed by atoms with Crippen molar-refractivity contribution in [2.45, 2.75) is 6.10 Å². The molecular weight excluding hydrogens is 168 g/mol. The monoisotopic (exact) mass is 185 g/mol. The van der Waals surface area contributed by atoms with E-state index in [1.807, 2.05) is 14.1 Å². The number of hydrogen-bond acceptors (Lipinski definition) is 3. The van der Waals surface area contributed by atoms with Crippen LogP contribution in [0, 0.1) is 6.92 Å². The van der Waals surface area contributed by atoms with Crippen LogP contribution in [0.2, 0.25) is 0 Å². The lowest BCUT2D eigenvalue weighted by Crippen LogP contribution is -2.48. The van der Waals surface area contributed by atoms with Gasteiger partial charge in [-0.3, -0.25) is 4.79 Å². The van der Waals surface area contributed by atoms with Crippen molar-refractivity contribution < 1.29 is 9.53 Å². The summed E-state index contributed by atoms with van der Waals surface area (Å²) in [6.07, 6.45) is 0.134. The number of morpholine rings is 1. The summed E-state index contributed by atoms with van der Waals surface area (Å²) in [5, 5.41) is 0. The molecule has 0 N–H and O–H groups in total. The first-order valence-corrected chi connectivity index (χ1v) is 4.47. The van der Waals surface area contributed by atoms with Crippen LogP contribution in [0.5, 0.6) is 0 Å². The summed E-state index contributed by atoms with van der Waals surface area (Å²) < 4.78 is 5.51. The van der Waals surface area contributed by atoms with Gasteiger partial charge in [0.15, 0.2) is 0 Å². The summed E-state index contributed by atoms with van der Waals surface area (Å²) in [5.74, 6) is -0.105. The topological polar surface area (TPSA) is 32.8 Å². The number of likely N-dealkylation sites (N-methyl/N-ethyl adjacent to an activating group) is 1. The van der Waals surface area contributed by atoms with Gasteiger partial charge >= 0.3 is 0 Å². The van der Waals surface area contributed by atoms with Gasteiger partial charge in [0, 0.05) is 26.6 Å². The standard InChI is InChI=1S/C9H17N2O2/c1-8(12)11-4-5-13-9(7-11)6-10(2)3/h9H,1,4-7H2,2-3H3. The highest BCUT2D eigenvalue weighted by Gasteiger charge is 2.22. The highest BCUT2D eigenvalue weighted by atomic mass is 16.5. The Morgan fingerprint density at radius 1 is 1.69 bits per heavy atom. The second kappa shape index (κ2) is 4.58. The van der Waals surface area contributed by atoms with Gasteiger partial charge in [-0.05, 0) is 14.1 Å². The van der Waals surface area contributed by atoms with Crippen molar-refractivity contribution in [2.24, 2.45) is 0 Å². The van der Waals surface area contributed by atoms with Crippen molar-refractivity contribution >= 4 is 5.91 Å². The van der Waals surface area contributed by atoms with Crippen LogP contribution in [-0.2, 0) is 9.53 Å². The molecule has 4 nitrogen and oxygen atoms in total. The van der Waals surface area contributed by atoms with E-state index in [4.69, 9.17) is 4.74 Å². The number of carbonyl (C=O) groups excluding carboxylic acids is 1. The fourth-order valence-corrected chi connectivity index (χ4v) is 1.46. The zero-order chi connectivity index (χ0) is 9.84. The van der Waals surface area contributed by atoms with E-state index in [0.29, 0.717) is 19.7 Å². The van der Waals surface area contributed by atoms with E-state index in [0.717, 1.165) is 6.54 Å². The highest BCUT2D eigenvalue weighted by Crippen LogP contribution is 2.05. The Bertz CT molecular complexity index is 182. The molecule has 4 heteroatoms. The maximum absolute atomic E-state index is 11.0. The maximum Gasteiger partial charge on any atom is 0.223 e. The molecule has 1 fully saturated rings. The lowest BCUT2D eigenvalue weighted by atomic mass is 10.2. The Kier molecular flexibility index (Phi) is 3.69. The van der Waals surface area contributed by atoms with Crippen LogP contribution in [0.3, 0.4) is 0 Å². The minimum Gasteiger partial charge on any atom is -0.373 e. The second-order valence-corrected chi connectivity index (χ2v) is 3.59. The Labute approximate surface area is 79.4 Å². The average Bonchev–Trinajstić information content (AvgIpc) is 2.03. The molecule has 1 aliphatic rings. The molecule has 1 saturated heterocycles. The summed E-state index contributed by atoms with van der Waals surface area (Å²) in [4.78, 5) is 14.8. The quantitative estimate of drug-likeness (QED) is 0.587. The van der Waals surface area contributed by atoms with Crippen molar-refractivity contribution in [3.8, 4) is 0 Å². The number of amides is 1. The number of ether oxygens (including phenoxy) is 1. The summed E-state index contributed by atoms with van der Waals surface area (Å²) in [7, 11) is 3.99. The summed E-state index contributed by atoms with van der Waals surface area (Å²) in [6.45, 7) is 6.21. The average molecular weight is 185 g/mol. The Morgan fingerprint density at radius 3 is 2.92 bits per heavy atom. The first-order valence-electron chi connectivity index (χ1n) is 4.47. The highest BCUT2D eigenvalue weighted by molar-refractivity contribution is 5.80. The van der Waals surface area contributed by atoms with Gasteiger partial charge in [-0.15, -0.1) is 0 Å². The third kappa shape index (κ3) is 3.32. The van der Waals surface area contributed by atoms with Crippen molar-refractivity contribution in [3.63, 3.8) is 0 Å². The van der Waals surface area contributed by atoms with E-state index < -0.39 is 0 Å². The summed E-state index contributed by atoms with van der Waals surface area (Å²) in [6, 6.07) is 0. The van der Waals surface area contributed by atoms with Gasteiger partial charge in [-0.1, -0.05) is 0 Å². The zero-order valence-electron chi connectivity index (χ0n) is 8.32. The van der Waals surface area contributed by atoms with E-state index >= 15 is 0 Å². The van der Waals surface area contributed by atoms with Gasteiger partial charge in [-0.25, -0.2) is 0 Å². The smallest absolute Gasteiger partial charge is 0.223 e. The zero-order valence-corrected chi connectivity index (χ0v) is 8.32. The van der Waals surface area contributed by atoms with Crippen LogP contribution in [0.25, 0.3) is 0 Å². The fourth-order valence-electron chi connectivity index (χ4n) is 1.46. The van der Waals surface area contributed by atoms with Crippen LogP contribution in [0.4, 0.5) is 0 Å². The van der Waals surface area contributed by atoms with Crippen LogP contribution in [-0.4, -0.2) is 62.1 Å². The molecule has 0 aromatic heterocycles. The molecule has 1 aliphatic heterocycles. The molecule has 0 spiro atoms. The number of carbonyl (C=O) groups is 1. The van der Waals surface area contributed by atoms with Crippen molar-refractivity contribution in [3.05, 3.63) is 6.92 Å². The number of rotatable bonds is 2. The Morgan fingerprint density at radius 2 is 2.38 bits per heavy atom. The van der Waals surface area contributed by atoms with Gasteiger partial charge < -0.3 is 14.5 Å². The van der Waals surface area contributed by atoms with Crippen LogP contribution >= 0.6 is 0 Å². The normalized spacial score (nSPS) is 23.7. The Hall–Kier alpha value is -0.610. The van der Waals surface area contributed by atoms with E-state index in [9.17, 15) is 4.79 Å². The molecule has 0 saturated carbocycles. The lowest BCUT2D eigenvalue weighted by Gasteiger charge is -2.33. The molecule has 0 aromatic rings. The van der Waals surface area contributed by atoms with Crippen molar-refractivity contribution in [2.75, 3.05) is 40.3 Å². The molecule has 1 unspecified atom stereocenters. The third-order valence-electron chi connectivity index (χ3n) is 2.06. The van der Waals surface area contributed by atoms with Crippen molar-refractivity contribution in [1.82, 2.24) is 9.80 Å². The predicted molar refractivity (Wildman–Crippen MR) is 50.2 cm³/mol. The molecule has 0 aromatic carbocycles. The van der Waals surface area contributed by atoms with Gasteiger partial charge in [0.1, 0.15) is 0 Å². The molecule has 13 heavy (non-hydrogen) atoms. The lowest BCUT2D eigenvalue weighted by molar-refractivity contribution is -0.134. The van der Waals surface area contributed by atoms with Gasteiger partial charge in [0.2, 0.25) is 5.91 Å². The Balaban J connectivity index is 2.37. The SMILES string of the molecule is [CH2]C(=O)N1CCOC(CN(C)C)C1. The minimum absolute atomic E-state index is 0.105. The van der Waals surface area contributed by atoms with Gasteiger partial charge in [-0.2, -0.15) is 0 Å². The second-order valence-electron chi connectivity index (χ2n) is 3.59. The molecule has 1 atom stereocenters. The maximum atomic E-state index is 11.0. The molecule has 75 valence electrons. The largest absolute Gasteiger partial charge is 0.373 e. The van der Waals surface area contributed by atoms with Gasteiger partial charge in [0.05, 0.1) is 12.7 Å². The molecule has 1 heterocycles. The first kappa shape index (κ1) is 10.5. The van der Waals surface area contributed by atoms with Crippen LogP contribution < -0.4 is 0 Å².